The normalized spacial score (nSPS) is 18.0. The van der Waals surface area contributed by atoms with Crippen LogP contribution in [0.5, 0.6) is 5.75 Å². The summed E-state index contributed by atoms with van der Waals surface area (Å²) in [7, 11) is 1.64. The molecule has 3 heterocycles. The van der Waals surface area contributed by atoms with Gasteiger partial charge in [-0.15, -0.1) is 17.9 Å². The van der Waals surface area contributed by atoms with Crippen molar-refractivity contribution in [1.29, 1.82) is 0 Å². The molecule has 1 saturated heterocycles. The second kappa shape index (κ2) is 11.7. The predicted molar refractivity (Wildman–Crippen MR) is 175 cm³/mol. The van der Waals surface area contributed by atoms with Crippen LogP contribution < -0.4 is 34.8 Å². The number of aliphatic imine (C=N–C) groups is 1. The maximum absolute atomic E-state index is 14.1. The summed E-state index contributed by atoms with van der Waals surface area (Å²) in [5, 5.41) is 2.29. The summed E-state index contributed by atoms with van der Waals surface area (Å²) >= 11 is 6.34. The molecule has 42 heavy (non-hydrogen) atoms. The Bertz CT molecular complexity index is 1930. The number of hydrazine groups is 1. The zero-order valence-corrected chi connectivity index (χ0v) is 26.1. The van der Waals surface area contributed by atoms with Crippen molar-refractivity contribution < 1.29 is 9.53 Å². The molecule has 0 spiro atoms. The number of methoxy groups -OCH3 is 1. The van der Waals surface area contributed by atoms with Gasteiger partial charge in [0.2, 0.25) is 0 Å². The van der Waals surface area contributed by atoms with Crippen molar-refractivity contribution in [3.63, 3.8) is 0 Å². The third-order valence-electron chi connectivity index (χ3n) is 6.76. The number of nitrogens with zero attached hydrogens (tertiary/aromatic N) is 4. The van der Waals surface area contributed by atoms with Crippen LogP contribution in [-0.2, 0) is 11.3 Å². The molecule has 0 aliphatic carbocycles. The number of amides is 1. The number of hydrogen-bond donors (Lipinski definition) is 1. The smallest absolute Gasteiger partial charge is 0.283 e. The van der Waals surface area contributed by atoms with Crippen LogP contribution in [-0.4, -0.2) is 30.0 Å². The van der Waals surface area contributed by atoms with Gasteiger partial charge in [0.15, 0.2) is 5.84 Å². The van der Waals surface area contributed by atoms with Crippen LogP contribution in [0.3, 0.4) is 0 Å². The van der Waals surface area contributed by atoms with Crippen LogP contribution in [0.25, 0.3) is 10.6 Å². The molecule has 0 bridgehead atoms. The van der Waals surface area contributed by atoms with Gasteiger partial charge in [-0.2, -0.15) is 0 Å². The van der Waals surface area contributed by atoms with Crippen molar-refractivity contribution in [1.82, 2.24) is 9.99 Å². The monoisotopic (exact) mass is 659 g/mol. The average Bonchev–Trinajstić information content (AvgIpc) is 3.63. The summed E-state index contributed by atoms with van der Waals surface area (Å²) in [5.41, 5.74) is 5.64. The Morgan fingerprint density at radius 2 is 1.88 bits per heavy atom. The zero-order chi connectivity index (χ0) is 29.4. The fourth-order valence-electron chi connectivity index (χ4n) is 4.83. The van der Waals surface area contributed by atoms with E-state index in [-0.39, 0.29) is 18.0 Å². The van der Waals surface area contributed by atoms with E-state index in [9.17, 15) is 9.59 Å². The fraction of sp³-hybridized carbons (Fsp3) is 0.129. The summed E-state index contributed by atoms with van der Waals surface area (Å²) < 4.78 is 8.99. The first-order valence-electron chi connectivity index (χ1n) is 13.2. The van der Waals surface area contributed by atoms with Crippen LogP contribution in [0, 0.1) is 0 Å². The molecule has 212 valence electrons. The number of benzene rings is 3. The lowest BCUT2D eigenvalue weighted by atomic mass is 10.2. The molecule has 2 aliphatic rings. The number of carbonyl (C=O) groups excluding carboxylic acids is 1. The Balaban J connectivity index is 1.63. The number of anilines is 2. The summed E-state index contributed by atoms with van der Waals surface area (Å²) in [5.74, 6) is 0.805. The number of carbonyl (C=O) groups is 1. The van der Waals surface area contributed by atoms with Crippen molar-refractivity contribution in [2.24, 2.45) is 4.99 Å². The van der Waals surface area contributed by atoms with Gasteiger partial charge in [-0.25, -0.2) is 10.0 Å². The van der Waals surface area contributed by atoms with E-state index < -0.39 is 0 Å². The second-order valence-corrected chi connectivity index (χ2v) is 12.3. The molecule has 8 nitrogen and oxygen atoms in total. The van der Waals surface area contributed by atoms with Crippen molar-refractivity contribution in [3.05, 3.63) is 109 Å². The molecule has 0 saturated carbocycles. The van der Waals surface area contributed by atoms with Gasteiger partial charge in [-0.05, 0) is 49.4 Å². The van der Waals surface area contributed by atoms with Crippen LogP contribution >= 0.6 is 39.0 Å². The van der Waals surface area contributed by atoms with Gasteiger partial charge in [-0.1, -0.05) is 58.0 Å². The number of para-hydroxylation sites is 1. The zero-order valence-electron chi connectivity index (χ0n) is 22.8. The molecule has 0 radical (unpaired) electrons. The number of hydrogen-bond acceptors (Lipinski definition) is 7. The van der Waals surface area contributed by atoms with Gasteiger partial charge in [0.1, 0.15) is 25.5 Å². The third kappa shape index (κ3) is 4.97. The van der Waals surface area contributed by atoms with Crippen molar-refractivity contribution in [2.45, 2.75) is 18.4 Å². The number of allylic oxidation sites excluding steroid dienone is 1. The molecular formula is C31H26BrN5O3S2. The minimum Gasteiger partial charge on any atom is -0.497 e. The molecule has 4 aromatic rings. The number of ether oxygens (including phenoxy) is 1. The molecule has 6 rings (SSSR count). The third-order valence-corrected chi connectivity index (χ3v) is 9.76. The maximum Gasteiger partial charge on any atom is 0.283 e. The highest BCUT2D eigenvalue weighted by Crippen LogP contribution is 2.47. The topological polar surface area (TPSA) is 79.2 Å². The van der Waals surface area contributed by atoms with E-state index in [1.807, 2.05) is 79.7 Å². The number of amidine groups is 1. The Morgan fingerprint density at radius 1 is 1.07 bits per heavy atom. The number of thioether (sulfide) groups is 1. The number of thiazole rings is 1. The molecule has 3 aromatic carbocycles. The summed E-state index contributed by atoms with van der Waals surface area (Å²) in [6.07, 6.45) is 1.67. The molecular weight excluding hydrogens is 634 g/mol. The van der Waals surface area contributed by atoms with E-state index in [1.165, 1.54) is 16.3 Å². The molecule has 2 aliphatic heterocycles. The van der Waals surface area contributed by atoms with Gasteiger partial charge in [0.05, 0.1) is 24.2 Å². The van der Waals surface area contributed by atoms with E-state index in [0.29, 0.717) is 38.5 Å². The molecule has 0 atom stereocenters. The van der Waals surface area contributed by atoms with Crippen LogP contribution in [0.1, 0.15) is 6.92 Å². The van der Waals surface area contributed by atoms with Crippen LogP contribution in [0.2, 0.25) is 0 Å². The molecule has 0 unspecified atom stereocenters. The Kier molecular flexibility index (Phi) is 7.80. The lowest BCUT2D eigenvalue weighted by Gasteiger charge is -2.17. The Hall–Kier alpha value is -4.06. The Morgan fingerprint density at radius 3 is 2.60 bits per heavy atom. The molecule has 1 aromatic heterocycles. The maximum atomic E-state index is 14.1. The molecule has 1 N–H and O–H groups in total. The van der Waals surface area contributed by atoms with Crippen LogP contribution in [0.15, 0.2) is 105 Å². The first-order chi connectivity index (χ1) is 20.4. The minimum absolute atomic E-state index is 0.184. The standard InChI is InChI=1S/C31H26BrN5O3S2/c1-4-16-36-29(39)26(31-35(5-2)23-18-22(40-3)14-15-24(23)41-31)42-30(36)25-27(33-20-11-9-10-19(32)17-20)34-37(28(25)38)21-12-7-6-8-13-21/h4,6-15,17-18H,1,5,16H2,2-3H3,(H,33,34). The molecule has 1 amide bonds. The number of rotatable bonds is 6. The van der Waals surface area contributed by atoms with Crippen molar-refractivity contribution in [2.75, 3.05) is 23.6 Å². The van der Waals surface area contributed by atoms with Gasteiger partial charge < -0.3 is 9.64 Å². The lowest BCUT2D eigenvalue weighted by molar-refractivity contribution is -0.113. The molecule has 1 fully saturated rings. The van der Waals surface area contributed by atoms with Gasteiger partial charge in [-0.3, -0.25) is 19.6 Å². The fourth-order valence-corrected chi connectivity index (χ4v) is 7.75. The largest absolute Gasteiger partial charge is 0.497 e. The SMILES string of the molecule is C=CCn1c(=C2C(=O)N(c3ccccc3)NC2=Nc2cccc(Br)c2)sc(=C2Sc3ccc(OC)cc3N2CC)c1=O. The molecule has 11 heteroatoms. The second-order valence-electron chi connectivity index (χ2n) is 9.33. The van der Waals surface area contributed by atoms with E-state index >= 15 is 0 Å². The highest BCUT2D eigenvalue weighted by atomic mass is 79.9. The minimum atomic E-state index is -0.301. The van der Waals surface area contributed by atoms with Gasteiger partial charge in [0, 0.05) is 28.5 Å². The number of aromatic nitrogens is 1. The predicted octanol–water partition coefficient (Wildman–Crippen LogP) is 5.00. The summed E-state index contributed by atoms with van der Waals surface area (Å²) in [6.45, 7) is 6.83. The van der Waals surface area contributed by atoms with E-state index in [2.05, 4.69) is 32.8 Å². The van der Waals surface area contributed by atoms with Gasteiger partial charge >= 0.3 is 0 Å². The number of fused-ring (bicyclic) bond motifs is 1. The number of nitrogens with one attached hydrogen (secondary N) is 1. The van der Waals surface area contributed by atoms with Crippen LogP contribution in [0.4, 0.5) is 17.1 Å². The van der Waals surface area contributed by atoms with E-state index in [4.69, 9.17) is 9.73 Å². The summed E-state index contributed by atoms with van der Waals surface area (Å²) in [4.78, 5) is 36.2. The van der Waals surface area contributed by atoms with Crippen molar-refractivity contribution in [3.8, 4) is 5.75 Å². The first-order valence-corrected chi connectivity index (χ1v) is 15.6. The quantitative estimate of drug-likeness (QED) is 0.294. The Labute approximate surface area is 259 Å². The summed E-state index contributed by atoms with van der Waals surface area (Å²) in [6, 6.07) is 22.7. The number of halogens is 1. The lowest BCUT2D eigenvalue weighted by Crippen LogP contribution is -2.36. The van der Waals surface area contributed by atoms with E-state index in [0.717, 1.165) is 25.8 Å². The van der Waals surface area contributed by atoms with Gasteiger partial charge in [0.25, 0.3) is 11.5 Å². The first kappa shape index (κ1) is 28.1. The average molecular weight is 661 g/mol. The highest BCUT2D eigenvalue weighted by molar-refractivity contribution is 9.10. The van der Waals surface area contributed by atoms with Crippen molar-refractivity contribution >= 4 is 78.4 Å². The van der Waals surface area contributed by atoms with E-state index in [1.54, 1.807) is 29.5 Å². The highest BCUT2D eigenvalue weighted by Gasteiger charge is 2.36.